The number of hydrogen-bond donors (Lipinski definition) is 2. The highest BCUT2D eigenvalue weighted by molar-refractivity contribution is 7.89. The number of nitrogens with one attached hydrogen (secondary N) is 2. The van der Waals surface area contributed by atoms with Crippen molar-refractivity contribution in [2.24, 2.45) is 0 Å². The highest BCUT2D eigenvalue weighted by atomic mass is 32.2. The summed E-state index contributed by atoms with van der Waals surface area (Å²) in [5.41, 5.74) is 4.61. The maximum Gasteiger partial charge on any atom is 0.240 e. The standard InChI is InChI=1S/C24H28N6O2S/c1-5-21-27-23(25-14-15-26-33(31,32)19-12-10-16(2)11-13-19)22-18(4)29-30(24(22)28-21)20-9-7-6-8-17(20)3/h6-13,26H,5,14-15H2,1-4H3,(H,25,27,28). The summed E-state index contributed by atoms with van der Waals surface area (Å²) in [6.07, 6.45) is 0.669. The molecule has 0 aliphatic carbocycles. The highest BCUT2D eigenvalue weighted by Crippen LogP contribution is 2.27. The molecule has 2 aromatic heterocycles. The first-order valence-electron chi connectivity index (χ1n) is 10.9. The Morgan fingerprint density at radius 3 is 2.36 bits per heavy atom. The molecule has 33 heavy (non-hydrogen) atoms. The van der Waals surface area contributed by atoms with E-state index in [1.54, 1.807) is 24.3 Å². The third-order valence-electron chi connectivity index (χ3n) is 5.45. The van der Waals surface area contributed by atoms with E-state index in [1.807, 2.05) is 56.6 Å². The minimum absolute atomic E-state index is 0.216. The van der Waals surface area contributed by atoms with Crippen LogP contribution in [0.2, 0.25) is 0 Å². The van der Waals surface area contributed by atoms with Crippen LogP contribution in [-0.4, -0.2) is 41.3 Å². The van der Waals surface area contributed by atoms with Crippen LogP contribution in [0.3, 0.4) is 0 Å². The summed E-state index contributed by atoms with van der Waals surface area (Å²) < 4.78 is 29.6. The zero-order valence-electron chi connectivity index (χ0n) is 19.3. The van der Waals surface area contributed by atoms with Gasteiger partial charge in [0.05, 0.1) is 21.7 Å². The summed E-state index contributed by atoms with van der Waals surface area (Å²) >= 11 is 0. The van der Waals surface area contributed by atoms with E-state index in [0.717, 1.165) is 33.5 Å². The van der Waals surface area contributed by atoms with Crippen molar-refractivity contribution in [3.8, 4) is 5.69 Å². The van der Waals surface area contributed by atoms with Gasteiger partial charge in [-0.1, -0.05) is 42.8 Å². The van der Waals surface area contributed by atoms with Crippen molar-refractivity contribution < 1.29 is 8.42 Å². The third kappa shape index (κ3) is 4.74. The number of nitrogens with zero attached hydrogens (tertiary/aromatic N) is 4. The van der Waals surface area contributed by atoms with Gasteiger partial charge in [-0.2, -0.15) is 5.10 Å². The van der Waals surface area contributed by atoms with Crippen LogP contribution in [0, 0.1) is 20.8 Å². The SMILES string of the molecule is CCc1nc(NCCNS(=O)(=O)c2ccc(C)cc2)c2c(C)nn(-c3ccccc3C)c2n1. The number of rotatable bonds is 8. The zero-order valence-corrected chi connectivity index (χ0v) is 20.1. The summed E-state index contributed by atoms with van der Waals surface area (Å²) in [6.45, 7) is 8.48. The van der Waals surface area contributed by atoms with Crippen molar-refractivity contribution in [3.63, 3.8) is 0 Å². The molecule has 0 spiro atoms. The minimum atomic E-state index is -3.57. The number of aryl methyl sites for hydroxylation is 4. The van der Waals surface area contributed by atoms with Gasteiger partial charge in [-0.15, -0.1) is 0 Å². The monoisotopic (exact) mass is 464 g/mol. The molecule has 0 radical (unpaired) electrons. The molecule has 0 fully saturated rings. The molecule has 0 saturated carbocycles. The maximum atomic E-state index is 12.5. The lowest BCUT2D eigenvalue weighted by Crippen LogP contribution is -2.29. The Morgan fingerprint density at radius 1 is 0.939 bits per heavy atom. The molecule has 2 N–H and O–H groups in total. The van der Waals surface area contributed by atoms with Crippen LogP contribution in [0.4, 0.5) is 5.82 Å². The molecule has 0 unspecified atom stereocenters. The summed E-state index contributed by atoms with van der Waals surface area (Å²) in [7, 11) is -3.57. The second-order valence-electron chi connectivity index (χ2n) is 7.96. The number of aromatic nitrogens is 4. The van der Waals surface area contributed by atoms with Gasteiger partial charge < -0.3 is 5.32 Å². The highest BCUT2D eigenvalue weighted by Gasteiger charge is 2.18. The second-order valence-corrected chi connectivity index (χ2v) is 9.73. The Balaban J connectivity index is 1.58. The lowest BCUT2D eigenvalue weighted by molar-refractivity contribution is 0.583. The molecule has 0 amide bonds. The quantitative estimate of drug-likeness (QED) is 0.386. The summed E-state index contributed by atoms with van der Waals surface area (Å²) in [6, 6.07) is 14.8. The Labute approximate surface area is 194 Å². The fourth-order valence-electron chi connectivity index (χ4n) is 3.65. The molecule has 172 valence electrons. The average molecular weight is 465 g/mol. The molecular weight excluding hydrogens is 436 g/mol. The van der Waals surface area contributed by atoms with Crippen LogP contribution in [0.25, 0.3) is 16.7 Å². The number of benzene rings is 2. The first-order valence-corrected chi connectivity index (χ1v) is 12.4. The van der Waals surface area contributed by atoms with Crippen molar-refractivity contribution in [1.29, 1.82) is 0 Å². The van der Waals surface area contributed by atoms with E-state index in [-0.39, 0.29) is 11.4 Å². The Bertz CT molecular complexity index is 1390. The third-order valence-corrected chi connectivity index (χ3v) is 6.93. The van der Waals surface area contributed by atoms with Gasteiger partial charge in [0.1, 0.15) is 11.6 Å². The molecule has 0 saturated heterocycles. The van der Waals surface area contributed by atoms with Gasteiger partial charge in [-0.3, -0.25) is 0 Å². The van der Waals surface area contributed by atoms with E-state index in [0.29, 0.717) is 24.6 Å². The van der Waals surface area contributed by atoms with Crippen LogP contribution in [0.15, 0.2) is 53.4 Å². The predicted octanol–water partition coefficient (Wildman–Crippen LogP) is 3.69. The van der Waals surface area contributed by atoms with E-state index in [1.165, 1.54) is 0 Å². The smallest absolute Gasteiger partial charge is 0.240 e. The number of para-hydroxylation sites is 1. The molecule has 8 nitrogen and oxygen atoms in total. The summed E-state index contributed by atoms with van der Waals surface area (Å²) in [5.74, 6) is 1.35. The first kappa shape index (κ1) is 22.9. The van der Waals surface area contributed by atoms with Crippen molar-refractivity contribution in [2.75, 3.05) is 18.4 Å². The van der Waals surface area contributed by atoms with Gasteiger partial charge >= 0.3 is 0 Å². The van der Waals surface area contributed by atoms with Crippen LogP contribution < -0.4 is 10.0 Å². The van der Waals surface area contributed by atoms with E-state index < -0.39 is 10.0 Å². The number of sulfonamides is 1. The van der Waals surface area contributed by atoms with Crippen LogP contribution in [-0.2, 0) is 16.4 Å². The Morgan fingerprint density at radius 2 is 1.67 bits per heavy atom. The van der Waals surface area contributed by atoms with E-state index >= 15 is 0 Å². The average Bonchev–Trinajstić information content (AvgIpc) is 3.13. The van der Waals surface area contributed by atoms with E-state index in [9.17, 15) is 8.42 Å². The molecule has 0 bridgehead atoms. The summed E-state index contributed by atoms with van der Waals surface area (Å²) in [4.78, 5) is 9.65. The fraction of sp³-hybridized carbons (Fsp3) is 0.292. The van der Waals surface area contributed by atoms with Gasteiger partial charge in [-0.05, 0) is 44.5 Å². The molecule has 4 aromatic rings. The van der Waals surface area contributed by atoms with Gasteiger partial charge in [0, 0.05) is 19.5 Å². The molecule has 4 rings (SSSR count). The minimum Gasteiger partial charge on any atom is -0.368 e. The van der Waals surface area contributed by atoms with Crippen molar-refractivity contribution >= 4 is 26.9 Å². The molecule has 0 aliphatic rings. The number of anilines is 1. The molecule has 0 atom stereocenters. The molecule has 0 aliphatic heterocycles. The maximum absolute atomic E-state index is 12.5. The Kier molecular flexibility index (Phi) is 6.44. The molecular formula is C24H28N6O2S. The second kappa shape index (κ2) is 9.29. The van der Waals surface area contributed by atoms with Crippen molar-refractivity contribution in [3.05, 3.63) is 71.2 Å². The Hall–Kier alpha value is -3.30. The topological polar surface area (TPSA) is 102 Å². The van der Waals surface area contributed by atoms with Crippen LogP contribution in [0.1, 0.15) is 29.6 Å². The van der Waals surface area contributed by atoms with E-state index in [4.69, 9.17) is 10.1 Å². The lowest BCUT2D eigenvalue weighted by atomic mass is 10.2. The number of hydrogen-bond acceptors (Lipinski definition) is 6. The van der Waals surface area contributed by atoms with Gasteiger partial charge in [-0.25, -0.2) is 27.8 Å². The van der Waals surface area contributed by atoms with Gasteiger partial charge in [0.25, 0.3) is 0 Å². The van der Waals surface area contributed by atoms with E-state index in [2.05, 4.69) is 15.0 Å². The van der Waals surface area contributed by atoms with Crippen LogP contribution in [0.5, 0.6) is 0 Å². The molecule has 2 aromatic carbocycles. The predicted molar refractivity (Wildman–Crippen MR) is 130 cm³/mol. The molecule has 9 heteroatoms. The lowest BCUT2D eigenvalue weighted by Gasteiger charge is -2.11. The number of fused-ring (bicyclic) bond motifs is 1. The zero-order chi connectivity index (χ0) is 23.6. The summed E-state index contributed by atoms with van der Waals surface area (Å²) in [5, 5.41) is 8.85. The van der Waals surface area contributed by atoms with Crippen molar-refractivity contribution in [1.82, 2.24) is 24.5 Å². The first-order chi connectivity index (χ1) is 15.8. The van der Waals surface area contributed by atoms with Crippen molar-refractivity contribution in [2.45, 2.75) is 39.0 Å². The van der Waals surface area contributed by atoms with Gasteiger partial charge in [0.15, 0.2) is 5.65 Å². The fourth-order valence-corrected chi connectivity index (χ4v) is 4.68. The van der Waals surface area contributed by atoms with Gasteiger partial charge in [0.2, 0.25) is 10.0 Å². The molecule has 2 heterocycles. The normalized spacial score (nSPS) is 11.8. The largest absolute Gasteiger partial charge is 0.368 e. The van der Waals surface area contributed by atoms with Crippen LogP contribution >= 0.6 is 0 Å².